The van der Waals surface area contributed by atoms with Crippen LogP contribution in [0.3, 0.4) is 0 Å². The number of rotatable bonds is 4. The minimum absolute atomic E-state index is 0.358. The molecule has 23 heavy (non-hydrogen) atoms. The number of hydrogen-bond donors (Lipinski definition) is 0. The Hall–Kier alpha value is -0.120. The van der Waals surface area contributed by atoms with E-state index in [2.05, 4.69) is 42.5 Å². The van der Waals surface area contributed by atoms with Gasteiger partial charge in [-0.15, -0.1) is 0 Å². The van der Waals surface area contributed by atoms with Crippen molar-refractivity contribution in [2.24, 2.45) is 5.92 Å². The summed E-state index contributed by atoms with van der Waals surface area (Å²) in [6.45, 7) is 24.1. The monoisotopic (exact) mass is 327 g/mol. The summed E-state index contributed by atoms with van der Waals surface area (Å²) in [6.07, 6.45) is 4.06. The zero-order valence-corrected chi connectivity index (χ0v) is 17.5. The summed E-state index contributed by atoms with van der Waals surface area (Å²) in [6, 6.07) is 0. The Kier molecular flexibility index (Phi) is 12.2. The molecule has 3 nitrogen and oxygen atoms in total. The average molecular weight is 328 g/mol. The molecule has 0 atom stereocenters. The van der Waals surface area contributed by atoms with Crippen molar-refractivity contribution in [2.45, 2.75) is 73.3 Å². The fourth-order valence-electron chi connectivity index (χ4n) is 3.69. The highest BCUT2D eigenvalue weighted by Crippen LogP contribution is 2.25. The Morgan fingerprint density at radius 1 is 0.913 bits per heavy atom. The van der Waals surface area contributed by atoms with Crippen LogP contribution in [-0.2, 0) is 0 Å². The zero-order chi connectivity index (χ0) is 17.9. The second kappa shape index (κ2) is 12.3. The Morgan fingerprint density at radius 2 is 1.48 bits per heavy atom. The fraction of sp³-hybridized carbons (Fsp3) is 1.00. The SMILES string of the molecule is CC.CC.CCCN1CCN(CC2CCN(C)CC2)C(C)(C)C1. The van der Waals surface area contributed by atoms with Gasteiger partial charge in [0.25, 0.3) is 0 Å². The first-order chi connectivity index (χ1) is 11.0. The Morgan fingerprint density at radius 3 is 1.96 bits per heavy atom. The molecule has 0 unspecified atom stereocenters. The van der Waals surface area contributed by atoms with Crippen molar-refractivity contribution in [3.8, 4) is 0 Å². The van der Waals surface area contributed by atoms with Crippen LogP contribution < -0.4 is 0 Å². The van der Waals surface area contributed by atoms with Gasteiger partial charge >= 0.3 is 0 Å². The second-order valence-corrected chi connectivity index (χ2v) is 7.28. The number of likely N-dealkylation sites (tertiary alicyclic amines) is 1. The molecule has 0 aliphatic carbocycles. The first-order valence-electron chi connectivity index (χ1n) is 10.2. The van der Waals surface area contributed by atoms with Gasteiger partial charge in [-0.05, 0) is 65.7 Å². The van der Waals surface area contributed by atoms with Gasteiger partial charge in [0.2, 0.25) is 0 Å². The van der Waals surface area contributed by atoms with E-state index in [4.69, 9.17) is 0 Å². The van der Waals surface area contributed by atoms with Gasteiger partial charge in [0.1, 0.15) is 0 Å². The van der Waals surface area contributed by atoms with E-state index in [1.165, 1.54) is 65.1 Å². The van der Waals surface area contributed by atoms with Crippen molar-refractivity contribution >= 4 is 0 Å². The molecule has 0 aromatic rings. The van der Waals surface area contributed by atoms with E-state index in [1.54, 1.807) is 0 Å². The number of hydrogen-bond acceptors (Lipinski definition) is 3. The van der Waals surface area contributed by atoms with Gasteiger partial charge in [0.15, 0.2) is 0 Å². The highest BCUT2D eigenvalue weighted by Gasteiger charge is 2.34. The molecule has 0 amide bonds. The third-order valence-electron chi connectivity index (χ3n) is 5.01. The number of piperidine rings is 1. The molecular formula is C20H45N3. The molecule has 0 spiro atoms. The lowest BCUT2D eigenvalue weighted by atomic mass is 9.92. The van der Waals surface area contributed by atoms with Gasteiger partial charge in [-0.1, -0.05) is 34.6 Å². The molecular weight excluding hydrogens is 282 g/mol. The smallest absolute Gasteiger partial charge is 0.0280 e. The summed E-state index contributed by atoms with van der Waals surface area (Å²) < 4.78 is 0. The Bertz CT molecular complexity index is 270. The van der Waals surface area contributed by atoms with E-state index in [-0.39, 0.29) is 0 Å². The van der Waals surface area contributed by atoms with Crippen molar-refractivity contribution in [1.82, 2.24) is 14.7 Å². The standard InChI is InChI=1S/C16H33N3.2C2H6/c1-5-8-18-11-12-19(16(2,3)14-18)13-15-6-9-17(4)10-7-15;2*1-2/h15H,5-14H2,1-4H3;2*1-2H3. The molecule has 2 saturated heterocycles. The maximum atomic E-state index is 2.76. The lowest BCUT2D eigenvalue weighted by molar-refractivity contribution is 0.00286. The van der Waals surface area contributed by atoms with E-state index < -0.39 is 0 Å². The largest absolute Gasteiger partial charge is 0.306 e. The molecule has 0 aromatic carbocycles. The van der Waals surface area contributed by atoms with E-state index in [9.17, 15) is 0 Å². The van der Waals surface area contributed by atoms with E-state index in [1.807, 2.05) is 27.7 Å². The predicted octanol–water partition coefficient (Wildman–Crippen LogP) is 4.19. The maximum Gasteiger partial charge on any atom is 0.0280 e. The molecule has 2 heterocycles. The predicted molar refractivity (Wildman–Crippen MR) is 105 cm³/mol. The third-order valence-corrected chi connectivity index (χ3v) is 5.01. The molecule has 0 bridgehead atoms. The quantitative estimate of drug-likeness (QED) is 0.766. The van der Waals surface area contributed by atoms with Crippen molar-refractivity contribution < 1.29 is 0 Å². The molecule has 3 heteroatoms. The Balaban J connectivity index is 0.00000112. The molecule has 0 radical (unpaired) electrons. The minimum Gasteiger partial charge on any atom is -0.306 e. The van der Waals surface area contributed by atoms with Gasteiger partial charge in [-0.3, -0.25) is 4.90 Å². The molecule has 2 fully saturated rings. The fourth-order valence-corrected chi connectivity index (χ4v) is 3.69. The van der Waals surface area contributed by atoms with Crippen LogP contribution in [0.1, 0.15) is 67.7 Å². The van der Waals surface area contributed by atoms with Gasteiger partial charge in [-0.25, -0.2) is 0 Å². The highest BCUT2D eigenvalue weighted by atomic mass is 15.3. The van der Waals surface area contributed by atoms with Gasteiger partial charge in [0, 0.05) is 31.7 Å². The molecule has 140 valence electrons. The van der Waals surface area contributed by atoms with Gasteiger partial charge in [0.05, 0.1) is 0 Å². The highest BCUT2D eigenvalue weighted by molar-refractivity contribution is 4.91. The van der Waals surface area contributed by atoms with Gasteiger partial charge in [-0.2, -0.15) is 0 Å². The molecule has 0 aromatic heterocycles. The second-order valence-electron chi connectivity index (χ2n) is 7.28. The first-order valence-corrected chi connectivity index (χ1v) is 10.2. The van der Waals surface area contributed by atoms with Crippen LogP contribution in [0.25, 0.3) is 0 Å². The third kappa shape index (κ3) is 8.00. The molecule has 2 rings (SSSR count). The van der Waals surface area contributed by atoms with Crippen LogP contribution in [0, 0.1) is 5.92 Å². The first kappa shape index (κ1) is 22.9. The number of nitrogens with zero attached hydrogens (tertiary/aromatic N) is 3. The Labute approximate surface area is 147 Å². The average Bonchev–Trinajstić information content (AvgIpc) is 2.56. The lowest BCUT2D eigenvalue weighted by Gasteiger charge is -2.49. The van der Waals surface area contributed by atoms with Crippen LogP contribution >= 0.6 is 0 Å². The summed E-state index contributed by atoms with van der Waals surface area (Å²) in [5.41, 5.74) is 0.358. The van der Waals surface area contributed by atoms with Crippen molar-refractivity contribution in [2.75, 3.05) is 52.9 Å². The van der Waals surface area contributed by atoms with E-state index in [0.717, 1.165) is 5.92 Å². The number of piperazine rings is 1. The summed E-state index contributed by atoms with van der Waals surface area (Å²) in [7, 11) is 2.25. The van der Waals surface area contributed by atoms with Crippen LogP contribution in [0.4, 0.5) is 0 Å². The van der Waals surface area contributed by atoms with Crippen LogP contribution in [0.5, 0.6) is 0 Å². The van der Waals surface area contributed by atoms with Crippen molar-refractivity contribution in [3.63, 3.8) is 0 Å². The normalized spacial score (nSPS) is 23.5. The topological polar surface area (TPSA) is 9.72 Å². The van der Waals surface area contributed by atoms with Crippen molar-refractivity contribution in [3.05, 3.63) is 0 Å². The molecule has 2 aliphatic rings. The minimum atomic E-state index is 0.358. The van der Waals surface area contributed by atoms with Crippen molar-refractivity contribution in [1.29, 1.82) is 0 Å². The summed E-state index contributed by atoms with van der Waals surface area (Å²) in [4.78, 5) is 7.88. The summed E-state index contributed by atoms with van der Waals surface area (Å²) in [5, 5.41) is 0. The summed E-state index contributed by atoms with van der Waals surface area (Å²) >= 11 is 0. The van der Waals surface area contributed by atoms with E-state index >= 15 is 0 Å². The van der Waals surface area contributed by atoms with Crippen LogP contribution in [0.15, 0.2) is 0 Å². The van der Waals surface area contributed by atoms with Crippen LogP contribution in [0.2, 0.25) is 0 Å². The summed E-state index contributed by atoms with van der Waals surface area (Å²) in [5.74, 6) is 0.924. The van der Waals surface area contributed by atoms with E-state index in [0.29, 0.717) is 5.54 Å². The lowest BCUT2D eigenvalue weighted by Crippen LogP contribution is -2.60. The molecule has 0 N–H and O–H groups in total. The zero-order valence-electron chi connectivity index (χ0n) is 17.5. The molecule has 2 aliphatic heterocycles. The van der Waals surface area contributed by atoms with Gasteiger partial charge < -0.3 is 9.80 Å². The maximum absolute atomic E-state index is 2.76. The molecule has 0 saturated carbocycles. The van der Waals surface area contributed by atoms with Crippen LogP contribution in [-0.4, -0.2) is 73.1 Å².